The highest BCUT2D eigenvalue weighted by Gasteiger charge is 2.32. The van der Waals surface area contributed by atoms with E-state index in [1.165, 1.54) is 20.3 Å². The van der Waals surface area contributed by atoms with Gasteiger partial charge in [0.2, 0.25) is 0 Å². The highest BCUT2D eigenvalue weighted by molar-refractivity contribution is 7.91. The van der Waals surface area contributed by atoms with Crippen molar-refractivity contribution in [3.63, 3.8) is 0 Å². The van der Waals surface area contributed by atoms with Crippen LogP contribution in [0.5, 0.6) is 5.75 Å². The van der Waals surface area contributed by atoms with Crippen LogP contribution in [0.25, 0.3) is 0 Å². The van der Waals surface area contributed by atoms with Crippen LogP contribution in [-0.4, -0.2) is 41.2 Å². The third-order valence-electron chi connectivity index (χ3n) is 4.03. The van der Waals surface area contributed by atoms with Gasteiger partial charge in [0.15, 0.2) is 9.96 Å². The summed E-state index contributed by atoms with van der Waals surface area (Å²) in [6.45, 7) is 0.447. The molecule has 23 heavy (non-hydrogen) atoms. The quantitative estimate of drug-likeness (QED) is 0.740. The summed E-state index contributed by atoms with van der Waals surface area (Å²) in [7, 11) is -1.18. The Hall–Kier alpha value is -1.16. The van der Waals surface area contributed by atoms with E-state index in [1.54, 1.807) is 0 Å². The molecule has 9 heteroatoms. The summed E-state index contributed by atoms with van der Waals surface area (Å²) < 4.78 is 37.8. The number of methoxy groups -OCH3 is 2. The second-order valence-corrected chi connectivity index (χ2v) is 8.43. The molecule has 0 radical (unpaired) electrons. The van der Waals surface area contributed by atoms with Crippen molar-refractivity contribution < 1.29 is 22.7 Å². The van der Waals surface area contributed by atoms with Crippen LogP contribution >= 0.6 is 11.3 Å². The van der Waals surface area contributed by atoms with Gasteiger partial charge in [-0.2, -0.15) is 0 Å². The Balaban J connectivity index is 2.28. The first-order valence-electron chi connectivity index (χ1n) is 7.41. The fourth-order valence-corrected chi connectivity index (χ4v) is 5.64. The van der Waals surface area contributed by atoms with Crippen LogP contribution < -0.4 is 15.2 Å². The summed E-state index contributed by atoms with van der Waals surface area (Å²) in [6, 6.07) is 1.19. The lowest BCUT2D eigenvalue weighted by atomic mass is 9.85. The molecule has 1 aliphatic carbocycles. The van der Waals surface area contributed by atoms with Crippen molar-refractivity contribution in [2.24, 2.45) is 11.7 Å². The van der Waals surface area contributed by atoms with E-state index in [9.17, 15) is 13.2 Å². The van der Waals surface area contributed by atoms with Crippen LogP contribution in [0.4, 0.5) is 0 Å². The fraction of sp³-hybridized carbons (Fsp3) is 0.643. The average molecular weight is 362 g/mol. The van der Waals surface area contributed by atoms with Crippen LogP contribution in [0.3, 0.4) is 0 Å². The topological polar surface area (TPSA) is 108 Å². The number of sulfonamides is 1. The Labute approximate surface area is 140 Å². The second-order valence-electron chi connectivity index (χ2n) is 5.47. The first-order chi connectivity index (χ1) is 10.9. The minimum Gasteiger partial charge on any atom is -0.494 e. The highest BCUT2D eigenvalue weighted by Crippen LogP contribution is 2.35. The molecule has 0 saturated heterocycles. The van der Waals surface area contributed by atoms with Crippen molar-refractivity contribution >= 4 is 27.3 Å². The molecule has 130 valence electrons. The minimum absolute atomic E-state index is 0.0123. The Morgan fingerprint density at radius 3 is 2.70 bits per heavy atom. The number of hydrogen-bond donors (Lipinski definition) is 2. The molecule has 0 spiro atoms. The smallest absolute Gasteiger partial charge is 0.348 e. The van der Waals surface area contributed by atoms with Gasteiger partial charge < -0.3 is 15.2 Å². The van der Waals surface area contributed by atoms with Crippen molar-refractivity contribution in [3.05, 3.63) is 10.9 Å². The number of nitrogens with one attached hydrogen (secondary N) is 1. The predicted molar refractivity (Wildman–Crippen MR) is 87.3 cm³/mol. The molecule has 1 aliphatic rings. The van der Waals surface area contributed by atoms with E-state index in [0.29, 0.717) is 6.54 Å². The molecule has 0 bridgehead atoms. The van der Waals surface area contributed by atoms with Crippen LogP contribution in [0.1, 0.15) is 35.4 Å². The maximum atomic E-state index is 12.7. The number of nitrogens with two attached hydrogens (primary N) is 1. The molecule has 2 rings (SSSR count). The fourth-order valence-electron chi connectivity index (χ4n) is 2.79. The molecule has 2 unspecified atom stereocenters. The van der Waals surface area contributed by atoms with Gasteiger partial charge in [-0.05, 0) is 25.3 Å². The SMILES string of the molecule is COC(=O)c1cc(OC)c(S(=O)(=O)NC2CCCCC2CN)s1. The lowest BCUT2D eigenvalue weighted by Gasteiger charge is -2.30. The van der Waals surface area contributed by atoms with E-state index in [4.69, 9.17) is 10.5 Å². The van der Waals surface area contributed by atoms with Gasteiger partial charge in [0.05, 0.1) is 14.2 Å². The highest BCUT2D eigenvalue weighted by atomic mass is 32.2. The zero-order chi connectivity index (χ0) is 17.0. The summed E-state index contributed by atoms with van der Waals surface area (Å²) in [5, 5.41) is 0. The summed E-state index contributed by atoms with van der Waals surface area (Å²) in [6.07, 6.45) is 3.71. The summed E-state index contributed by atoms with van der Waals surface area (Å²) >= 11 is 0.840. The molecular weight excluding hydrogens is 340 g/mol. The number of carbonyl (C=O) groups is 1. The average Bonchev–Trinajstić information content (AvgIpc) is 2.99. The third kappa shape index (κ3) is 4.03. The first-order valence-corrected chi connectivity index (χ1v) is 9.71. The van der Waals surface area contributed by atoms with E-state index in [1.807, 2.05) is 0 Å². The molecular formula is C14H22N2O5S2. The van der Waals surface area contributed by atoms with Crippen molar-refractivity contribution in [2.75, 3.05) is 20.8 Å². The summed E-state index contributed by atoms with van der Waals surface area (Å²) in [5.41, 5.74) is 5.75. The van der Waals surface area contributed by atoms with Gasteiger partial charge >= 0.3 is 5.97 Å². The first kappa shape index (κ1) is 18.2. The van der Waals surface area contributed by atoms with Gasteiger partial charge in [0, 0.05) is 12.1 Å². The number of thiophene rings is 1. The minimum atomic E-state index is -3.79. The van der Waals surface area contributed by atoms with Gasteiger partial charge in [0.1, 0.15) is 4.88 Å². The van der Waals surface area contributed by atoms with Crippen molar-refractivity contribution in [3.8, 4) is 5.75 Å². The maximum Gasteiger partial charge on any atom is 0.348 e. The largest absolute Gasteiger partial charge is 0.494 e. The monoisotopic (exact) mass is 362 g/mol. The maximum absolute atomic E-state index is 12.7. The van der Waals surface area contributed by atoms with Gasteiger partial charge in [-0.3, -0.25) is 0 Å². The van der Waals surface area contributed by atoms with E-state index < -0.39 is 16.0 Å². The van der Waals surface area contributed by atoms with Crippen molar-refractivity contribution in [2.45, 2.75) is 35.9 Å². The van der Waals surface area contributed by atoms with E-state index >= 15 is 0 Å². The molecule has 1 fully saturated rings. The second kappa shape index (κ2) is 7.61. The van der Waals surface area contributed by atoms with E-state index in [-0.39, 0.29) is 26.8 Å². The van der Waals surface area contributed by atoms with Gasteiger partial charge in [-0.25, -0.2) is 17.9 Å². The Bertz CT molecular complexity index is 656. The molecule has 0 aliphatic heterocycles. The zero-order valence-corrected chi connectivity index (χ0v) is 14.8. The molecule has 1 aromatic heterocycles. The molecule has 0 amide bonds. The van der Waals surface area contributed by atoms with Crippen molar-refractivity contribution in [1.29, 1.82) is 0 Å². The number of carbonyl (C=O) groups excluding carboxylic acids is 1. The van der Waals surface area contributed by atoms with Crippen molar-refractivity contribution in [1.82, 2.24) is 4.72 Å². The molecule has 1 aromatic rings. The molecule has 1 heterocycles. The lowest BCUT2D eigenvalue weighted by Crippen LogP contribution is -2.44. The van der Waals surface area contributed by atoms with Gasteiger partial charge in [0.25, 0.3) is 10.0 Å². The van der Waals surface area contributed by atoms with Crippen LogP contribution in [0.2, 0.25) is 0 Å². The number of esters is 1. The molecule has 2 atom stereocenters. The zero-order valence-electron chi connectivity index (χ0n) is 13.2. The number of ether oxygens (including phenoxy) is 2. The molecule has 1 saturated carbocycles. The number of hydrogen-bond acceptors (Lipinski definition) is 7. The Morgan fingerprint density at radius 2 is 2.09 bits per heavy atom. The van der Waals surface area contributed by atoms with Gasteiger partial charge in [-0.15, -0.1) is 11.3 Å². The van der Waals surface area contributed by atoms with Crippen LogP contribution in [-0.2, 0) is 14.8 Å². The Kier molecular flexibility index (Phi) is 6.01. The van der Waals surface area contributed by atoms with Crippen LogP contribution in [0, 0.1) is 5.92 Å². The number of rotatable bonds is 6. The normalized spacial score (nSPS) is 21.9. The molecule has 0 aromatic carbocycles. The lowest BCUT2D eigenvalue weighted by molar-refractivity contribution is 0.0606. The predicted octanol–water partition coefficient (Wildman–Crippen LogP) is 1.34. The summed E-state index contributed by atoms with van der Waals surface area (Å²) in [5.74, 6) is -0.320. The standard InChI is InChI=1S/C14H22N2O5S2/c1-20-11-7-12(13(17)21-2)22-14(11)23(18,19)16-10-6-4-3-5-9(10)8-15/h7,9-10,16H,3-6,8,15H2,1-2H3. The molecule has 3 N–H and O–H groups in total. The molecule has 7 nitrogen and oxygen atoms in total. The van der Waals surface area contributed by atoms with E-state index in [2.05, 4.69) is 9.46 Å². The van der Waals surface area contributed by atoms with E-state index in [0.717, 1.165) is 37.0 Å². The Morgan fingerprint density at radius 1 is 1.39 bits per heavy atom. The third-order valence-corrected chi connectivity index (χ3v) is 7.14. The summed E-state index contributed by atoms with van der Waals surface area (Å²) in [4.78, 5) is 11.8. The van der Waals surface area contributed by atoms with Gasteiger partial charge in [-0.1, -0.05) is 12.8 Å². The van der Waals surface area contributed by atoms with Crippen LogP contribution in [0.15, 0.2) is 10.3 Å².